The van der Waals surface area contributed by atoms with Gasteiger partial charge in [-0.15, -0.1) is 0 Å². The number of nitrogens with zero attached hydrogens (tertiary/aromatic N) is 1. The minimum Gasteiger partial charge on any atom is -0.354 e. The lowest BCUT2D eigenvalue weighted by Crippen LogP contribution is -2.62. The molecule has 0 bridgehead atoms. The quantitative estimate of drug-likeness (QED) is 0.709. The van der Waals surface area contributed by atoms with Crippen molar-refractivity contribution in [2.75, 3.05) is 26.2 Å². The van der Waals surface area contributed by atoms with Crippen molar-refractivity contribution in [1.82, 2.24) is 15.5 Å². The number of hydrogen-bond donors (Lipinski definition) is 2. The molecule has 2 aliphatic rings. The van der Waals surface area contributed by atoms with Gasteiger partial charge < -0.3 is 15.5 Å². The molecule has 0 radical (unpaired) electrons. The van der Waals surface area contributed by atoms with Crippen LogP contribution in [0, 0.1) is 5.92 Å². The zero-order chi connectivity index (χ0) is 12.5. The average molecular weight is 239 g/mol. The number of nitrogens with one attached hydrogen (secondary N) is 2. The first-order valence-corrected chi connectivity index (χ1v) is 6.30. The lowest BCUT2D eigenvalue weighted by atomic mass is 10.0. The molecule has 1 saturated heterocycles. The molecule has 1 heterocycles. The number of hydrogen-bond acceptors (Lipinski definition) is 3. The maximum absolute atomic E-state index is 12.0. The van der Waals surface area contributed by atoms with Gasteiger partial charge in [0.25, 0.3) is 0 Å². The normalized spacial score (nSPS) is 23.6. The Kier molecular flexibility index (Phi) is 3.38. The lowest BCUT2D eigenvalue weighted by molar-refractivity contribution is -0.143. The minimum absolute atomic E-state index is 0.00493. The van der Waals surface area contributed by atoms with Crippen LogP contribution in [0.5, 0.6) is 0 Å². The van der Waals surface area contributed by atoms with Gasteiger partial charge in [-0.1, -0.05) is 0 Å². The maximum Gasteiger partial charge on any atom is 0.242 e. The Hall–Kier alpha value is -1.10. The van der Waals surface area contributed by atoms with Crippen LogP contribution in [0.25, 0.3) is 0 Å². The predicted octanol–water partition coefficient (Wildman–Crippen LogP) is -0.277. The zero-order valence-electron chi connectivity index (χ0n) is 10.6. The van der Waals surface area contributed by atoms with Crippen molar-refractivity contribution in [3.63, 3.8) is 0 Å². The average Bonchev–Trinajstić information content (AvgIpc) is 3.06. The van der Waals surface area contributed by atoms with Crippen LogP contribution >= 0.6 is 0 Å². The molecule has 2 rings (SSSR count). The molecule has 5 heteroatoms. The molecule has 5 nitrogen and oxygen atoms in total. The summed E-state index contributed by atoms with van der Waals surface area (Å²) in [6, 6.07) is 0. The molecule has 2 fully saturated rings. The summed E-state index contributed by atoms with van der Waals surface area (Å²) in [4.78, 5) is 25.3. The third-order valence-electron chi connectivity index (χ3n) is 3.39. The van der Waals surface area contributed by atoms with Gasteiger partial charge in [-0.2, -0.15) is 0 Å². The predicted molar refractivity (Wildman–Crippen MR) is 64.4 cm³/mol. The molecule has 1 aliphatic heterocycles. The van der Waals surface area contributed by atoms with Gasteiger partial charge >= 0.3 is 0 Å². The number of amides is 2. The molecular formula is C12H21N3O2. The summed E-state index contributed by atoms with van der Waals surface area (Å²) in [6.07, 6.45) is 2.44. The van der Waals surface area contributed by atoms with Crippen LogP contribution in [0.4, 0.5) is 0 Å². The Morgan fingerprint density at radius 2 is 2.24 bits per heavy atom. The second-order valence-corrected chi connectivity index (χ2v) is 5.53. The topological polar surface area (TPSA) is 61.4 Å². The van der Waals surface area contributed by atoms with E-state index in [1.807, 2.05) is 13.8 Å². The number of piperazine rings is 1. The summed E-state index contributed by atoms with van der Waals surface area (Å²) in [5, 5.41) is 6.04. The fraction of sp³-hybridized carbons (Fsp3) is 0.833. The Morgan fingerprint density at radius 1 is 1.53 bits per heavy atom. The first kappa shape index (κ1) is 12.4. The third kappa shape index (κ3) is 3.19. The fourth-order valence-electron chi connectivity index (χ4n) is 2.04. The molecule has 1 saturated carbocycles. The Balaban J connectivity index is 1.80. The van der Waals surface area contributed by atoms with Crippen molar-refractivity contribution in [3.8, 4) is 0 Å². The summed E-state index contributed by atoms with van der Waals surface area (Å²) in [6.45, 7) is 6.01. The van der Waals surface area contributed by atoms with Crippen molar-refractivity contribution in [3.05, 3.63) is 0 Å². The van der Waals surface area contributed by atoms with E-state index in [2.05, 4.69) is 10.6 Å². The van der Waals surface area contributed by atoms with E-state index in [9.17, 15) is 9.59 Å². The van der Waals surface area contributed by atoms with Gasteiger partial charge in [0.2, 0.25) is 11.8 Å². The van der Waals surface area contributed by atoms with Crippen LogP contribution in [-0.4, -0.2) is 48.4 Å². The van der Waals surface area contributed by atoms with Gasteiger partial charge in [-0.3, -0.25) is 9.59 Å². The van der Waals surface area contributed by atoms with E-state index in [1.54, 1.807) is 4.90 Å². The minimum atomic E-state index is -0.547. The van der Waals surface area contributed by atoms with E-state index in [4.69, 9.17) is 0 Å². The summed E-state index contributed by atoms with van der Waals surface area (Å²) >= 11 is 0. The van der Waals surface area contributed by atoms with E-state index < -0.39 is 5.54 Å². The first-order valence-electron chi connectivity index (χ1n) is 6.30. The molecule has 0 atom stereocenters. The van der Waals surface area contributed by atoms with Crippen molar-refractivity contribution >= 4 is 11.8 Å². The molecule has 0 spiro atoms. The number of carbonyl (C=O) groups excluding carboxylic acids is 2. The van der Waals surface area contributed by atoms with Crippen LogP contribution in [-0.2, 0) is 9.59 Å². The van der Waals surface area contributed by atoms with Crippen molar-refractivity contribution in [2.45, 2.75) is 32.2 Å². The maximum atomic E-state index is 12.0. The largest absolute Gasteiger partial charge is 0.354 e. The molecule has 2 N–H and O–H groups in total. The van der Waals surface area contributed by atoms with Gasteiger partial charge in [-0.25, -0.2) is 0 Å². The molecule has 2 amide bonds. The second kappa shape index (κ2) is 4.64. The van der Waals surface area contributed by atoms with Gasteiger partial charge in [0.1, 0.15) is 0 Å². The lowest BCUT2D eigenvalue weighted by Gasteiger charge is -2.37. The van der Waals surface area contributed by atoms with E-state index in [0.29, 0.717) is 12.5 Å². The highest BCUT2D eigenvalue weighted by atomic mass is 16.2. The highest BCUT2D eigenvalue weighted by Gasteiger charge is 2.35. The third-order valence-corrected chi connectivity index (χ3v) is 3.39. The van der Waals surface area contributed by atoms with Crippen LogP contribution in [0.2, 0.25) is 0 Å². The van der Waals surface area contributed by atoms with E-state index in [0.717, 1.165) is 13.1 Å². The molecule has 96 valence electrons. The SMILES string of the molecule is CC1(C)NCCN(CC(=O)NCC2CC2)C1=O. The molecule has 0 unspecified atom stereocenters. The van der Waals surface area contributed by atoms with E-state index in [1.165, 1.54) is 12.8 Å². The Labute approximate surface area is 102 Å². The van der Waals surface area contributed by atoms with Gasteiger partial charge in [0, 0.05) is 19.6 Å². The van der Waals surface area contributed by atoms with Crippen molar-refractivity contribution in [2.24, 2.45) is 5.92 Å². The fourth-order valence-corrected chi connectivity index (χ4v) is 2.04. The van der Waals surface area contributed by atoms with Crippen LogP contribution < -0.4 is 10.6 Å². The van der Waals surface area contributed by atoms with Crippen LogP contribution in [0.1, 0.15) is 26.7 Å². The van der Waals surface area contributed by atoms with Gasteiger partial charge in [0.05, 0.1) is 12.1 Å². The summed E-state index contributed by atoms with van der Waals surface area (Å²) in [7, 11) is 0. The van der Waals surface area contributed by atoms with Crippen molar-refractivity contribution in [1.29, 1.82) is 0 Å². The smallest absolute Gasteiger partial charge is 0.242 e. The van der Waals surface area contributed by atoms with Crippen LogP contribution in [0.3, 0.4) is 0 Å². The molecule has 0 aromatic heterocycles. The highest BCUT2D eigenvalue weighted by Crippen LogP contribution is 2.27. The van der Waals surface area contributed by atoms with Gasteiger partial charge in [-0.05, 0) is 32.6 Å². The van der Waals surface area contributed by atoms with Crippen molar-refractivity contribution < 1.29 is 9.59 Å². The standard InChI is InChI=1S/C12H21N3O2/c1-12(2)11(17)15(6-5-14-12)8-10(16)13-7-9-3-4-9/h9,14H,3-8H2,1-2H3,(H,13,16). The number of carbonyl (C=O) groups is 2. The summed E-state index contributed by atoms with van der Waals surface area (Å²) in [5.41, 5.74) is -0.547. The highest BCUT2D eigenvalue weighted by molar-refractivity contribution is 5.90. The van der Waals surface area contributed by atoms with E-state index in [-0.39, 0.29) is 18.4 Å². The molecule has 17 heavy (non-hydrogen) atoms. The summed E-state index contributed by atoms with van der Waals surface area (Å²) in [5.74, 6) is 0.641. The first-order chi connectivity index (χ1) is 7.99. The van der Waals surface area contributed by atoms with Crippen LogP contribution in [0.15, 0.2) is 0 Å². The molecule has 1 aliphatic carbocycles. The second-order valence-electron chi connectivity index (χ2n) is 5.53. The number of rotatable bonds is 4. The monoisotopic (exact) mass is 239 g/mol. The zero-order valence-corrected chi connectivity index (χ0v) is 10.6. The van der Waals surface area contributed by atoms with E-state index >= 15 is 0 Å². The molecular weight excluding hydrogens is 218 g/mol. The summed E-state index contributed by atoms with van der Waals surface area (Å²) < 4.78 is 0. The Bertz CT molecular complexity index is 324. The van der Waals surface area contributed by atoms with Gasteiger partial charge in [0.15, 0.2) is 0 Å². The molecule has 0 aromatic rings. The Morgan fingerprint density at radius 3 is 2.88 bits per heavy atom. The molecule has 0 aromatic carbocycles.